The van der Waals surface area contributed by atoms with Gasteiger partial charge in [0.25, 0.3) is 10.0 Å². The summed E-state index contributed by atoms with van der Waals surface area (Å²) >= 11 is 0. The number of nitrogens with one attached hydrogen (secondary N) is 1. The molecule has 0 radical (unpaired) electrons. The largest absolute Gasteiger partial charge is 0.330 e. The van der Waals surface area contributed by atoms with Crippen molar-refractivity contribution in [2.45, 2.75) is 36.8 Å². The standard InChI is InChI=1S/C10H19N5O2S/c1-15-10(7-12-14-15)18(16,17)13-9-5-3-2-4-8(9)6-11/h7-9,13H,2-6,11H2,1H3. The van der Waals surface area contributed by atoms with E-state index < -0.39 is 10.0 Å². The maximum absolute atomic E-state index is 12.2. The molecule has 18 heavy (non-hydrogen) atoms. The van der Waals surface area contributed by atoms with Crippen LogP contribution in [0.1, 0.15) is 25.7 Å². The summed E-state index contributed by atoms with van der Waals surface area (Å²) in [5.41, 5.74) is 5.70. The number of nitrogens with zero attached hydrogens (tertiary/aromatic N) is 3. The highest BCUT2D eigenvalue weighted by molar-refractivity contribution is 7.89. The van der Waals surface area contributed by atoms with Gasteiger partial charge in [-0.25, -0.2) is 17.8 Å². The number of hydrogen-bond donors (Lipinski definition) is 2. The van der Waals surface area contributed by atoms with Gasteiger partial charge >= 0.3 is 0 Å². The van der Waals surface area contributed by atoms with Crippen molar-refractivity contribution in [3.8, 4) is 0 Å². The van der Waals surface area contributed by atoms with Crippen molar-refractivity contribution < 1.29 is 8.42 Å². The van der Waals surface area contributed by atoms with Gasteiger partial charge in [-0.05, 0) is 25.3 Å². The first-order valence-corrected chi connectivity index (χ1v) is 7.60. The van der Waals surface area contributed by atoms with Gasteiger partial charge in [0.2, 0.25) is 0 Å². The minimum absolute atomic E-state index is 0.0800. The first-order valence-electron chi connectivity index (χ1n) is 6.11. The number of aryl methyl sites for hydroxylation is 1. The summed E-state index contributed by atoms with van der Waals surface area (Å²) in [7, 11) is -2.00. The molecule has 3 N–H and O–H groups in total. The molecule has 2 rings (SSSR count). The molecule has 8 heteroatoms. The van der Waals surface area contributed by atoms with Crippen LogP contribution in [-0.4, -0.2) is 36.0 Å². The van der Waals surface area contributed by atoms with Crippen molar-refractivity contribution >= 4 is 10.0 Å². The van der Waals surface area contributed by atoms with E-state index in [1.165, 1.54) is 10.9 Å². The third-order valence-corrected chi connectivity index (χ3v) is 5.00. The van der Waals surface area contributed by atoms with E-state index in [2.05, 4.69) is 15.0 Å². The fraction of sp³-hybridized carbons (Fsp3) is 0.800. The van der Waals surface area contributed by atoms with Gasteiger partial charge < -0.3 is 5.73 Å². The summed E-state index contributed by atoms with van der Waals surface area (Å²) in [6.45, 7) is 0.511. The molecule has 0 bridgehead atoms. The number of sulfonamides is 1. The monoisotopic (exact) mass is 273 g/mol. The second-order valence-corrected chi connectivity index (χ2v) is 6.36. The zero-order valence-corrected chi connectivity index (χ0v) is 11.2. The minimum Gasteiger partial charge on any atom is -0.330 e. The van der Waals surface area contributed by atoms with E-state index in [-0.39, 0.29) is 17.0 Å². The van der Waals surface area contributed by atoms with E-state index in [1.807, 2.05) is 0 Å². The Labute approximate surface area is 107 Å². The first kappa shape index (κ1) is 13.4. The maximum Gasteiger partial charge on any atom is 0.259 e. The summed E-state index contributed by atoms with van der Waals surface area (Å²) in [5, 5.41) is 7.31. The molecule has 2 atom stereocenters. The number of hydrogen-bond acceptors (Lipinski definition) is 5. The van der Waals surface area contributed by atoms with E-state index >= 15 is 0 Å². The van der Waals surface area contributed by atoms with Crippen LogP contribution < -0.4 is 10.5 Å². The third kappa shape index (κ3) is 2.70. The SMILES string of the molecule is Cn1nncc1S(=O)(=O)NC1CCCCC1CN. The lowest BCUT2D eigenvalue weighted by Crippen LogP contribution is -2.45. The lowest BCUT2D eigenvalue weighted by Gasteiger charge is -2.30. The van der Waals surface area contributed by atoms with Crippen molar-refractivity contribution in [3.63, 3.8) is 0 Å². The molecule has 0 aliphatic heterocycles. The summed E-state index contributed by atoms with van der Waals surface area (Å²) in [6.07, 6.45) is 5.23. The summed E-state index contributed by atoms with van der Waals surface area (Å²) in [6, 6.07) is -0.0800. The normalized spacial score (nSPS) is 25.2. The number of nitrogens with two attached hydrogens (primary N) is 1. The second kappa shape index (κ2) is 5.33. The quantitative estimate of drug-likeness (QED) is 0.777. The molecule has 0 spiro atoms. The van der Waals surface area contributed by atoms with Gasteiger partial charge in [-0.15, -0.1) is 5.10 Å². The highest BCUT2D eigenvalue weighted by atomic mass is 32.2. The van der Waals surface area contributed by atoms with Gasteiger partial charge in [-0.2, -0.15) is 0 Å². The minimum atomic E-state index is -3.56. The van der Waals surface area contributed by atoms with E-state index in [0.717, 1.165) is 25.7 Å². The molecule has 1 aromatic heterocycles. The van der Waals surface area contributed by atoms with Crippen molar-refractivity contribution in [1.82, 2.24) is 19.7 Å². The zero-order chi connectivity index (χ0) is 13.2. The lowest BCUT2D eigenvalue weighted by molar-refractivity contribution is 0.295. The van der Waals surface area contributed by atoms with Crippen LogP contribution in [-0.2, 0) is 17.1 Å². The van der Waals surface area contributed by atoms with Crippen molar-refractivity contribution in [3.05, 3.63) is 6.20 Å². The summed E-state index contributed by atoms with van der Waals surface area (Å²) in [5.74, 6) is 0.217. The molecule has 1 aromatic rings. The van der Waals surface area contributed by atoms with E-state index in [0.29, 0.717) is 6.54 Å². The van der Waals surface area contributed by atoms with Crippen LogP contribution in [0.15, 0.2) is 11.2 Å². The molecule has 1 aliphatic rings. The molecule has 1 saturated carbocycles. The molecular weight excluding hydrogens is 254 g/mol. The average Bonchev–Trinajstić information content (AvgIpc) is 2.76. The van der Waals surface area contributed by atoms with Crippen LogP contribution in [0.5, 0.6) is 0 Å². The zero-order valence-electron chi connectivity index (χ0n) is 10.4. The topological polar surface area (TPSA) is 103 Å². The second-order valence-electron chi connectivity index (χ2n) is 4.70. The number of rotatable bonds is 4. The Morgan fingerprint density at radius 1 is 1.50 bits per heavy atom. The van der Waals surface area contributed by atoms with Crippen LogP contribution in [0, 0.1) is 5.92 Å². The van der Waals surface area contributed by atoms with E-state index in [1.54, 1.807) is 7.05 Å². The Balaban J connectivity index is 2.15. The Hall–Kier alpha value is -0.990. The highest BCUT2D eigenvalue weighted by Crippen LogP contribution is 2.24. The van der Waals surface area contributed by atoms with Gasteiger partial charge in [0, 0.05) is 13.1 Å². The molecule has 1 fully saturated rings. The van der Waals surface area contributed by atoms with Crippen LogP contribution in [0.2, 0.25) is 0 Å². The fourth-order valence-corrected chi connectivity index (χ4v) is 3.83. The smallest absolute Gasteiger partial charge is 0.259 e. The van der Waals surface area contributed by atoms with Gasteiger partial charge in [0.15, 0.2) is 5.03 Å². The van der Waals surface area contributed by atoms with Gasteiger partial charge in [-0.1, -0.05) is 18.1 Å². The molecule has 102 valence electrons. The van der Waals surface area contributed by atoms with Gasteiger partial charge in [-0.3, -0.25) is 0 Å². The molecule has 0 saturated heterocycles. The Morgan fingerprint density at radius 2 is 2.22 bits per heavy atom. The van der Waals surface area contributed by atoms with Crippen LogP contribution in [0.25, 0.3) is 0 Å². The third-order valence-electron chi connectivity index (χ3n) is 3.47. The predicted molar refractivity (Wildman–Crippen MR) is 66.1 cm³/mol. The summed E-state index contributed by atoms with van der Waals surface area (Å²) in [4.78, 5) is 0. The highest BCUT2D eigenvalue weighted by Gasteiger charge is 2.30. The Bertz CT molecular complexity index is 498. The molecule has 7 nitrogen and oxygen atoms in total. The van der Waals surface area contributed by atoms with E-state index in [9.17, 15) is 8.42 Å². The van der Waals surface area contributed by atoms with Crippen LogP contribution >= 0.6 is 0 Å². The Morgan fingerprint density at radius 3 is 2.83 bits per heavy atom. The predicted octanol–water partition coefficient (Wildman–Crippen LogP) is -0.389. The summed E-state index contributed by atoms with van der Waals surface area (Å²) < 4.78 is 28.4. The van der Waals surface area contributed by atoms with Gasteiger partial charge in [0.05, 0.1) is 6.20 Å². The molecule has 1 aliphatic carbocycles. The van der Waals surface area contributed by atoms with E-state index in [4.69, 9.17) is 5.73 Å². The molecule has 2 unspecified atom stereocenters. The van der Waals surface area contributed by atoms with Gasteiger partial charge in [0.1, 0.15) is 0 Å². The lowest BCUT2D eigenvalue weighted by atomic mass is 9.85. The number of aromatic nitrogens is 3. The van der Waals surface area contributed by atoms with Crippen LogP contribution in [0.4, 0.5) is 0 Å². The fourth-order valence-electron chi connectivity index (χ4n) is 2.43. The molecule has 1 heterocycles. The average molecular weight is 273 g/mol. The molecular formula is C10H19N5O2S. The Kier molecular flexibility index (Phi) is 3.98. The van der Waals surface area contributed by atoms with Crippen molar-refractivity contribution in [1.29, 1.82) is 0 Å². The molecule has 0 amide bonds. The van der Waals surface area contributed by atoms with Crippen molar-refractivity contribution in [2.75, 3.05) is 6.54 Å². The first-order chi connectivity index (χ1) is 8.54. The van der Waals surface area contributed by atoms with Crippen molar-refractivity contribution in [2.24, 2.45) is 18.7 Å². The molecule has 0 aromatic carbocycles. The maximum atomic E-state index is 12.2. The van der Waals surface area contributed by atoms with Crippen LogP contribution in [0.3, 0.4) is 0 Å².